The van der Waals surface area contributed by atoms with Crippen LogP contribution < -0.4 is 0 Å². The third kappa shape index (κ3) is 1.21. The molecule has 3 heteroatoms. The second-order valence-electron chi connectivity index (χ2n) is 5.64. The number of rotatable bonds is 0. The summed E-state index contributed by atoms with van der Waals surface area (Å²) < 4.78 is 12.2. The number of ether oxygens (including phenoxy) is 2. The van der Waals surface area contributed by atoms with Crippen LogP contribution in [0.15, 0.2) is 22.3 Å². The monoisotopic (exact) mass is 234 g/mol. The quantitative estimate of drug-likeness (QED) is 0.646. The lowest BCUT2D eigenvalue weighted by Crippen LogP contribution is -2.45. The van der Waals surface area contributed by atoms with Gasteiger partial charge in [0.15, 0.2) is 5.78 Å². The van der Waals surface area contributed by atoms with Gasteiger partial charge in [0.05, 0.1) is 12.2 Å². The Morgan fingerprint density at radius 3 is 2.59 bits per heavy atom. The topological polar surface area (TPSA) is 35.5 Å². The van der Waals surface area contributed by atoms with Crippen LogP contribution in [-0.2, 0) is 14.3 Å². The largest absolute Gasteiger partial charge is 0.340 e. The molecule has 0 aromatic carbocycles. The van der Waals surface area contributed by atoms with E-state index >= 15 is 0 Å². The molecular weight excluding hydrogens is 216 g/mol. The lowest BCUT2D eigenvalue weighted by molar-refractivity contribution is -0.151. The van der Waals surface area contributed by atoms with Gasteiger partial charge in [0.2, 0.25) is 5.79 Å². The summed E-state index contributed by atoms with van der Waals surface area (Å²) in [6.07, 6.45) is 1.83. The van der Waals surface area contributed by atoms with Crippen LogP contribution in [0.5, 0.6) is 0 Å². The smallest absolute Gasteiger partial charge is 0.215 e. The molecule has 17 heavy (non-hydrogen) atoms. The number of carbonyl (C=O) groups is 1. The molecule has 2 atom stereocenters. The zero-order valence-corrected chi connectivity index (χ0v) is 10.8. The van der Waals surface area contributed by atoms with Crippen LogP contribution in [0.1, 0.15) is 40.5 Å². The van der Waals surface area contributed by atoms with Crippen molar-refractivity contribution in [3.05, 3.63) is 22.3 Å². The van der Waals surface area contributed by atoms with Crippen molar-refractivity contribution in [3.63, 3.8) is 0 Å². The summed E-state index contributed by atoms with van der Waals surface area (Å²) >= 11 is 0. The zero-order chi connectivity index (χ0) is 12.4. The lowest BCUT2D eigenvalue weighted by atomic mass is 9.77. The Labute approximate surface area is 101 Å². The van der Waals surface area contributed by atoms with Crippen LogP contribution in [0.25, 0.3) is 0 Å². The van der Waals surface area contributed by atoms with Gasteiger partial charge in [-0.15, -0.1) is 0 Å². The Balaban J connectivity index is 2.21. The predicted molar refractivity (Wildman–Crippen MR) is 63.5 cm³/mol. The normalized spacial score (nSPS) is 41.1. The Morgan fingerprint density at radius 2 is 1.88 bits per heavy atom. The van der Waals surface area contributed by atoms with Crippen LogP contribution >= 0.6 is 0 Å². The maximum Gasteiger partial charge on any atom is 0.215 e. The molecule has 92 valence electrons. The molecule has 0 aromatic rings. The van der Waals surface area contributed by atoms with E-state index in [9.17, 15) is 4.79 Å². The minimum absolute atomic E-state index is 0.144. The van der Waals surface area contributed by atoms with Crippen molar-refractivity contribution < 1.29 is 14.3 Å². The standard InChI is InChI=1S/C14H18O3/c1-8-10(3)14-11(9(2)12(8)15)5-6-13(4,17-14)7-16-14/h5-7H2,1-4H3/t13-,14?/m1/s1. The van der Waals surface area contributed by atoms with E-state index in [1.807, 2.05) is 20.8 Å². The number of hydrogen-bond acceptors (Lipinski definition) is 3. The summed E-state index contributed by atoms with van der Waals surface area (Å²) in [6.45, 7) is 8.42. The van der Waals surface area contributed by atoms with Gasteiger partial charge < -0.3 is 9.47 Å². The van der Waals surface area contributed by atoms with E-state index in [1.54, 1.807) is 0 Å². The van der Waals surface area contributed by atoms with Crippen LogP contribution in [-0.4, -0.2) is 23.8 Å². The Bertz CT molecular complexity index is 486. The van der Waals surface area contributed by atoms with Gasteiger partial charge in [-0.2, -0.15) is 0 Å². The Morgan fingerprint density at radius 1 is 1.18 bits per heavy atom. The molecule has 1 aliphatic carbocycles. The van der Waals surface area contributed by atoms with Crippen LogP contribution in [0.4, 0.5) is 0 Å². The second-order valence-corrected chi connectivity index (χ2v) is 5.64. The van der Waals surface area contributed by atoms with E-state index in [2.05, 4.69) is 6.92 Å². The summed E-state index contributed by atoms with van der Waals surface area (Å²) in [4.78, 5) is 12.1. The Hall–Kier alpha value is -0.930. The summed E-state index contributed by atoms with van der Waals surface area (Å²) in [5.41, 5.74) is 3.38. The van der Waals surface area contributed by atoms with Crippen molar-refractivity contribution in [1.82, 2.24) is 0 Å². The fourth-order valence-corrected chi connectivity index (χ4v) is 3.17. The van der Waals surface area contributed by atoms with Crippen LogP contribution in [0.2, 0.25) is 0 Å². The van der Waals surface area contributed by atoms with Crippen LogP contribution in [0.3, 0.4) is 0 Å². The summed E-state index contributed by atoms with van der Waals surface area (Å²) in [5, 5.41) is 0. The number of carbonyl (C=O) groups excluding carboxylic acids is 1. The first-order valence-corrected chi connectivity index (χ1v) is 6.17. The molecule has 2 aliphatic heterocycles. The highest BCUT2D eigenvalue weighted by atomic mass is 16.8. The van der Waals surface area contributed by atoms with E-state index in [4.69, 9.17) is 9.47 Å². The van der Waals surface area contributed by atoms with Crippen molar-refractivity contribution in [1.29, 1.82) is 0 Å². The van der Waals surface area contributed by atoms with E-state index in [0.29, 0.717) is 6.61 Å². The average molecular weight is 234 g/mol. The predicted octanol–water partition coefficient (Wildman–Crippen LogP) is 2.52. The summed E-state index contributed by atoms with van der Waals surface area (Å²) in [7, 11) is 0. The van der Waals surface area contributed by atoms with Gasteiger partial charge in [0.1, 0.15) is 0 Å². The molecule has 0 N–H and O–H groups in total. The fraction of sp³-hybridized carbons (Fsp3) is 0.643. The second kappa shape index (κ2) is 3.09. The maximum atomic E-state index is 12.1. The van der Waals surface area contributed by atoms with Gasteiger partial charge >= 0.3 is 0 Å². The Kier molecular flexibility index (Phi) is 2.03. The third-order valence-corrected chi connectivity index (χ3v) is 4.46. The van der Waals surface area contributed by atoms with Crippen molar-refractivity contribution in [2.24, 2.45) is 0 Å². The molecule has 0 radical (unpaired) electrons. The molecule has 2 fully saturated rings. The van der Waals surface area contributed by atoms with Crippen molar-refractivity contribution in [3.8, 4) is 0 Å². The minimum Gasteiger partial charge on any atom is -0.340 e. The summed E-state index contributed by atoms with van der Waals surface area (Å²) in [5.74, 6) is -0.583. The molecule has 0 saturated carbocycles. The highest BCUT2D eigenvalue weighted by Gasteiger charge is 2.57. The first-order chi connectivity index (χ1) is 7.90. The molecule has 0 amide bonds. The van der Waals surface area contributed by atoms with Gasteiger partial charge in [-0.1, -0.05) is 0 Å². The lowest BCUT2D eigenvalue weighted by Gasteiger charge is -2.42. The number of hydrogen-bond donors (Lipinski definition) is 0. The molecule has 2 heterocycles. The number of ketones is 1. The van der Waals surface area contributed by atoms with E-state index in [1.165, 1.54) is 0 Å². The van der Waals surface area contributed by atoms with Crippen molar-refractivity contribution in [2.75, 3.05) is 6.61 Å². The van der Waals surface area contributed by atoms with Gasteiger partial charge in [-0.05, 0) is 46.1 Å². The molecule has 2 bridgehead atoms. The van der Waals surface area contributed by atoms with E-state index < -0.39 is 5.79 Å². The average Bonchev–Trinajstić information content (AvgIpc) is 2.58. The number of Topliss-reactive ketones (excluding diaryl/α,β-unsaturated/α-hetero) is 1. The van der Waals surface area contributed by atoms with Crippen molar-refractivity contribution >= 4 is 5.78 Å². The molecular formula is C14H18O3. The SMILES string of the molecule is CC1=C(C)C23OC[C@@](C)(CCC2=C(C)C1=O)O3. The molecule has 3 aliphatic rings. The fourth-order valence-electron chi connectivity index (χ4n) is 3.17. The summed E-state index contributed by atoms with van der Waals surface area (Å²) in [6, 6.07) is 0. The first-order valence-electron chi connectivity index (χ1n) is 6.17. The molecule has 0 aromatic heterocycles. The van der Waals surface area contributed by atoms with Crippen molar-refractivity contribution in [2.45, 2.75) is 51.9 Å². The highest BCUT2D eigenvalue weighted by Crippen LogP contribution is 2.53. The highest BCUT2D eigenvalue weighted by molar-refractivity contribution is 6.10. The number of fused-ring (bicyclic) bond motifs is 1. The molecule has 1 unspecified atom stereocenters. The molecule has 3 nitrogen and oxygen atoms in total. The first kappa shape index (κ1) is 11.2. The van der Waals surface area contributed by atoms with Gasteiger partial charge in [0.25, 0.3) is 0 Å². The van der Waals surface area contributed by atoms with E-state index in [-0.39, 0.29) is 11.4 Å². The molecule has 3 rings (SSSR count). The zero-order valence-electron chi connectivity index (χ0n) is 10.8. The minimum atomic E-state index is -0.727. The van der Waals surface area contributed by atoms with Gasteiger partial charge in [0, 0.05) is 16.7 Å². The maximum absolute atomic E-state index is 12.1. The molecule has 2 saturated heterocycles. The van der Waals surface area contributed by atoms with Crippen LogP contribution in [0, 0.1) is 0 Å². The van der Waals surface area contributed by atoms with Gasteiger partial charge in [-0.3, -0.25) is 4.79 Å². The number of allylic oxidation sites excluding steroid dienone is 2. The van der Waals surface area contributed by atoms with Gasteiger partial charge in [-0.25, -0.2) is 0 Å². The van der Waals surface area contributed by atoms with E-state index in [0.717, 1.165) is 35.1 Å². The molecule has 1 spiro atoms. The third-order valence-electron chi connectivity index (χ3n) is 4.46.